The molecule has 6 nitrogen and oxygen atoms in total. The molecule has 6 heteroatoms. The molecule has 0 saturated carbocycles. The molecule has 1 unspecified atom stereocenters. The fraction of sp³-hybridized carbons (Fsp3) is 0.643. The number of pyridine rings is 1. The topological polar surface area (TPSA) is 62.5 Å². The summed E-state index contributed by atoms with van der Waals surface area (Å²) < 4.78 is 0. The normalized spacial score (nSPS) is 20.4. The van der Waals surface area contributed by atoms with E-state index in [1.165, 1.54) is 6.20 Å². The van der Waals surface area contributed by atoms with Crippen molar-refractivity contribution in [1.29, 1.82) is 0 Å². The van der Waals surface area contributed by atoms with Crippen LogP contribution in [0.3, 0.4) is 0 Å². The van der Waals surface area contributed by atoms with Crippen LogP contribution < -0.4 is 4.90 Å². The summed E-state index contributed by atoms with van der Waals surface area (Å²) in [5.41, 5.74) is 0.755. The van der Waals surface area contributed by atoms with Crippen LogP contribution >= 0.6 is 0 Å². The van der Waals surface area contributed by atoms with Crippen LogP contribution in [0.15, 0.2) is 12.3 Å². The molecule has 110 valence electrons. The molecule has 2 rings (SSSR count). The first-order valence-electron chi connectivity index (χ1n) is 6.96. The number of rotatable bonds is 3. The van der Waals surface area contributed by atoms with E-state index >= 15 is 0 Å². The Morgan fingerprint density at radius 2 is 2.15 bits per heavy atom. The molecule has 1 aromatic heterocycles. The van der Waals surface area contributed by atoms with Crippen LogP contribution in [0.1, 0.15) is 19.4 Å². The summed E-state index contributed by atoms with van der Waals surface area (Å²) in [5.74, 6) is 1.36. The molecule has 20 heavy (non-hydrogen) atoms. The Morgan fingerprint density at radius 1 is 1.45 bits per heavy atom. The molecule has 0 amide bonds. The number of nitrogens with zero attached hydrogens (tertiary/aromatic N) is 4. The van der Waals surface area contributed by atoms with E-state index in [-0.39, 0.29) is 10.6 Å². The molecule has 1 fully saturated rings. The van der Waals surface area contributed by atoms with Crippen molar-refractivity contribution < 1.29 is 4.92 Å². The maximum absolute atomic E-state index is 10.9. The summed E-state index contributed by atoms with van der Waals surface area (Å²) in [7, 11) is 2.13. The second-order valence-electron chi connectivity index (χ2n) is 5.85. The van der Waals surface area contributed by atoms with Crippen molar-refractivity contribution in [2.45, 2.75) is 26.8 Å². The fourth-order valence-corrected chi connectivity index (χ4v) is 2.69. The van der Waals surface area contributed by atoms with Crippen LogP contribution in [-0.2, 0) is 0 Å². The van der Waals surface area contributed by atoms with Crippen LogP contribution in [0.25, 0.3) is 0 Å². The Hall–Kier alpha value is -1.69. The van der Waals surface area contributed by atoms with E-state index in [9.17, 15) is 10.1 Å². The number of nitro groups is 1. The van der Waals surface area contributed by atoms with Gasteiger partial charge in [0, 0.05) is 31.2 Å². The Bertz CT molecular complexity index is 504. The number of likely N-dealkylation sites (N-methyl/N-ethyl adjacent to an activating group) is 1. The van der Waals surface area contributed by atoms with Crippen molar-refractivity contribution in [3.05, 3.63) is 27.9 Å². The molecule has 1 aromatic rings. The second-order valence-corrected chi connectivity index (χ2v) is 5.85. The van der Waals surface area contributed by atoms with E-state index in [0.717, 1.165) is 25.5 Å². The van der Waals surface area contributed by atoms with Gasteiger partial charge < -0.3 is 9.80 Å². The zero-order valence-electron chi connectivity index (χ0n) is 12.5. The molecule has 0 N–H and O–H groups in total. The summed E-state index contributed by atoms with van der Waals surface area (Å²) in [6, 6.07) is 2.22. The van der Waals surface area contributed by atoms with Gasteiger partial charge in [-0.2, -0.15) is 0 Å². The molecule has 0 radical (unpaired) electrons. The molecular formula is C14H22N4O2. The standard InChI is InChI=1S/C14H22N4O2/c1-10(2)13-9-16(4)5-6-17(13)14-7-11(3)12(8-15-14)18(19)20/h7-8,10,13H,5-6,9H2,1-4H3. The molecule has 0 aliphatic carbocycles. The largest absolute Gasteiger partial charge is 0.351 e. The number of hydrogen-bond donors (Lipinski definition) is 0. The smallest absolute Gasteiger partial charge is 0.290 e. The third-order valence-corrected chi connectivity index (χ3v) is 3.95. The van der Waals surface area contributed by atoms with Gasteiger partial charge in [-0.1, -0.05) is 13.8 Å². The van der Waals surface area contributed by atoms with Crippen molar-refractivity contribution in [3.8, 4) is 0 Å². The highest BCUT2D eigenvalue weighted by atomic mass is 16.6. The van der Waals surface area contributed by atoms with Crippen molar-refractivity contribution in [2.75, 3.05) is 31.6 Å². The Morgan fingerprint density at radius 3 is 2.70 bits per heavy atom. The van der Waals surface area contributed by atoms with Crippen LogP contribution in [0.5, 0.6) is 0 Å². The summed E-state index contributed by atoms with van der Waals surface area (Å²) in [4.78, 5) is 19.4. The first kappa shape index (κ1) is 14.7. The summed E-state index contributed by atoms with van der Waals surface area (Å²) in [6.45, 7) is 9.06. The van der Waals surface area contributed by atoms with E-state index in [4.69, 9.17) is 0 Å². The number of aromatic nitrogens is 1. The molecule has 2 heterocycles. The van der Waals surface area contributed by atoms with Gasteiger partial charge in [0.05, 0.1) is 4.92 Å². The van der Waals surface area contributed by atoms with Crippen molar-refractivity contribution in [1.82, 2.24) is 9.88 Å². The van der Waals surface area contributed by atoms with Crippen molar-refractivity contribution in [3.63, 3.8) is 0 Å². The first-order chi connectivity index (χ1) is 9.40. The third-order valence-electron chi connectivity index (χ3n) is 3.95. The predicted molar refractivity (Wildman–Crippen MR) is 79.1 cm³/mol. The maximum Gasteiger partial charge on any atom is 0.290 e. The quantitative estimate of drug-likeness (QED) is 0.625. The lowest BCUT2D eigenvalue weighted by molar-refractivity contribution is -0.385. The number of aryl methyl sites for hydroxylation is 1. The van der Waals surface area contributed by atoms with Gasteiger partial charge in [0.25, 0.3) is 5.69 Å². The SMILES string of the molecule is Cc1cc(N2CCN(C)CC2C(C)C)ncc1[N+](=O)[O-]. The fourth-order valence-electron chi connectivity index (χ4n) is 2.69. The lowest BCUT2D eigenvalue weighted by atomic mass is 9.99. The molecular weight excluding hydrogens is 256 g/mol. The van der Waals surface area contributed by atoms with E-state index in [0.29, 0.717) is 17.5 Å². The summed E-state index contributed by atoms with van der Waals surface area (Å²) in [6.07, 6.45) is 1.38. The van der Waals surface area contributed by atoms with E-state index in [1.807, 2.05) is 6.07 Å². The summed E-state index contributed by atoms with van der Waals surface area (Å²) >= 11 is 0. The molecule has 1 aliphatic rings. The zero-order valence-corrected chi connectivity index (χ0v) is 12.5. The van der Waals surface area contributed by atoms with Gasteiger partial charge in [-0.3, -0.25) is 10.1 Å². The molecule has 0 spiro atoms. The van der Waals surface area contributed by atoms with Crippen LogP contribution in [0.2, 0.25) is 0 Å². The first-order valence-corrected chi connectivity index (χ1v) is 6.96. The minimum atomic E-state index is -0.379. The van der Waals surface area contributed by atoms with Crippen molar-refractivity contribution in [2.24, 2.45) is 5.92 Å². The Kier molecular flexibility index (Phi) is 4.23. The minimum absolute atomic E-state index is 0.0870. The molecule has 1 atom stereocenters. The average molecular weight is 278 g/mol. The highest BCUT2D eigenvalue weighted by molar-refractivity contribution is 5.49. The van der Waals surface area contributed by atoms with Gasteiger partial charge in [-0.15, -0.1) is 0 Å². The Labute approximate surface area is 119 Å². The van der Waals surface area contributed by atoms with Gasteiger partial charge in [0.15, 0.2) is 0 Å². The lowest BCUT2D eigenvalue weighted by Crippen LogP contribution is -2.54. The maximum atomic E-state index is 10.9. The average Bonchev–Trinajstić information content (AvgIpc) is 2.37. The van der Waals surface area contributed by atoms with E-state index < -0.39 is 0 Å². The number of anilines is 1. The predicted octanol–water partition coefficient (Wildman–Crippen LogP) is 2.07. The molecule has 0 aromatic carbocycles. The highest BCUT2D eigenvalue weighted by Gasteiger charge is 2.29. The monoisotopic (exact) mass is 278 g/mol. The van der Waals surface area contributed by atoms with Gasteiger partial charge in [-0.25, -0.2) is 4.98 Å². The highest BCUT2D eigenvalue weighted by Crippen LogP contribution is 2.26. The minimum Gasteiger partial charge on any atom is -0.351 e. The molecule has 1 saturated heterocycles. The third kappa shape index (κ3) is 2.90. The molecule has 1 aliphatic heterocycles. The van der Waals surface area contributed by atoms with Gasteiger partial charge >= 0.3 is 0 Å². The van der Waals surface area contributed by atoms with Crippen LogP contribution in [0.4, 0.5) is 11.5 Å². The Balaban J connectivity index is 2.29. The lowest BCUT2D eigenvalue weighted by Gasteiger charge is -2.43. The number of piperazine rings is 1. The summed E-state index contributed by atoms with van der Waals surface area (Å²) in [5, 5.41) is 10.9. The van der Waals surface area contributed by atoms with Crippen LogP contribution in [0, 0.1) is 23.0 Å². The van der Waals surface area contributed by atoms with Gasteiger partial charge in [-0.05, 0) is 26.0 Å². The zero-order chi connectivity index (χ0) is 14.9. The molecule has 0 bridgehead atoms. The van der Waals surface area contributed by atoms with Gasteiger partial charge in [0.2, 0.25) is 0 Å². The second kappa shape index (κ2) is 5.75. The van der Waals surface area contributed by atoms with Crippen LogP contribution in [-0.4, -0.2) is 47.5 Å². The number of hydrogen-bond acceptors (Lipinski definition) is 5. The van der Waals surface area contributed by atoms with E-state index in [1.54, 1.807) is 6.92 Å². The van der Waals surface area contributed by atoms with Crippen molar-refractivity contribution >= 4 is 11.5 Å². The van der Waals surface area contributed by atoms with Gasteiger partial charge in [0.1, 0.15) is 12.0 Å². The van der Waals surface area contributed by atoms with E-state index in [2.05, 4.69) is 35.7 Å².